The van der Waals surface area contributed by atoms with Gasteiger partial charge < -0.3 is 19.7 Å². The zero-order chi connectivity index (χ0) is 30.7. The average Bonchev–Trinajstić information content (AvgIpc) is 2.99. The number of carbonyl (C=O) groups is 2. The van der Waals surface area contributed by atoms with Crippen molar-refractivity contribution in [2.45, 2.75) is 51.1 Å². The van der Waals surface area contributed by atoms with Crippen molar-refractivity contribution < 1.29 is 31.9 Å². The highest BCUT2D eigenvalue weighted by atomic mass is 32.2. The third-order valence-corrected chi connectivity index (χ3v) is 8.41. The maximum Gasteiger partial charge on any atom is 0.264 e. The predicted octanol–water partition coefficient (Wildman–Crippen LogP) is 4.76. The van der Waals surface area contributed by atoms with Crippen molar-refractivity contribution >= 4 is 27.5 Å². The highest BCUT2D eigenvalue weighted by molar-refractivity contribution is 7.92. The highest BCUT2D eigenvalue weighted by Gasteiger charge is 2.32. The second-order valence-electron chi connectivity index (χ2n) is 9.58. The van der Waals surface area contributed by atoms with E-state index in [1.54, 1.807) is 38.3 Å². The van der Waals surface area contributed by atoms with Gasteiger partial charge in [0.15, 0.2) is 0 Å². The average molecular weight is 600 g/mol. The Labute approximate surface area is 247 Å². The molecule has 226 valence electrons. The van der Waals surface area contributed by atoms with Crippen LogP contribution in [-0.4, -0.2) is 58.0 Å². The molecule has 11 heteroatoms. The van der Waals surface area contributed by atoms with E-state index in [2.05, 4.69) is 5.32 Å². The molecule has 0 fully saturated rings. The first-order chi connectivity index (χ1) is 20.1. The lowest BCUT2D eigenvalue weighted by Crippen LogP contribution is -2.51. The topological polar surface area (TPSA) is 105 Å². The molecule has 0 aliphatic carbocycles. The molecule has 0 aliphatic rings. The molecule has 0 radical (unpaired) electrons. The smallest absolute Gasteiger partial charge is 0.264 e. The number of sulfonamides is 1. The number of methoxy groups -OCH3 is 1. The fraction of sp³-hybridized carbons (Fsp3) is 0.355. The molecule has 3 rings (SSSR count). The van der Waals surface area contributed by atoms with Crippen LogP contribution in [0.1, 0.15) is 39.2 Å². The zero-order valence-electron chi connectivity index (χ0n) is 24.4. The van der Waals surface area contributed by atoms with E-state index in [4.69, 9.17) is 9.47 Å². The SMILES string of the molecule is CCCCNC(=O)[C@@H](C)N(Cc1ccc(OC)cc1)C(=O)CN(c1ccc(F)cc1)S(=O)(=O)c1ccc(OCC)cc1. The molecule has 0 spiro atoms. The van der Waals surface area contributed by atoms with Gasteiger partial charge in [-0.25, -0.2) is 12.8 Å². The van der Waals surface area contributed by atoms with Crippen molar-refractivity contribution in [3.8, 4) is 11.5 Å². The van der Waals surface area contributed by atoms with Gasteiger partial charge in [-0.3, -0.25) is 13.9 Å². The summed E-state index contributed by atoms with van der Waals surface area (Å²) in [6.07, 6.45) is 1.67. The number of benzene rings is 3. The number of rotatable bonds is 15. The van der Waals surface area contributed by atoms with Gasteiger partial charge in [-0.2, -0.15) is 0 Å². The number of anilines is 1. The van der Waals surface area contributed by atoms with Crippen LogP contribution in [0.3, 0.4) is 0 Å². The molecule has 0 heterocycles. The largest absolute Gasteiger partial charge is 0.497 e. The number of halogens is 1. The number of hydrogen-bond donors (Lipinski definition) is 1. The number of amides is 2. The standard InChI is InChI=1S/C31H38FN3O6S/c1-5-7-20-33-31(37)23(3)34(21-24-8-14-27(40-4)15-9-24)30(36)22-35(26-12-10-25(32)11-13-26)42(38,39)29-18-16-28(17-19-29)41-6-2/h8-19,23H,5-7,20-22H2,1-4H3,(H,33,37)/t23-/m1/s1. The fourth-order valence-corrected chi connectivity index (χ4v) is 5.60. The van der Waals surface area contributed by atoms with Crippen LogP contribution in [0.4, 0.5) is 10.1 Å². The van der Waals surface area contributed by atoms with Crippen LogP contribution in [0.2, 0.25) is 0 Å². The summed E-state index contributed by atoms with van der Waals surface area (Å²) in [6, 6.07) is 16.8. The van der Waals surface area contributed by atoms with Crippen LogP contribution < -0.4 is 19.1 Å². The minimum atomic E-state index is -4.28. The number of unbranched alkanes of at least 4 members (excludes halogenated alkanes) is 1. The molecule has 3 aromatic carbocycles. The van der Waals surface area contributed by atoms with Gasteiger partial charge in [0, 0.05) is 13.1 Å². The number of nitrogens with zero attached hydrogens (tertiary/aromatic N) is 2. The normalized spacial score (nSPS) is 11.8. The zero-order valence-corrected chi connectivity index (χ0v) is 25.2. The maximum absolute atomic E-state index is 13.9. The third kappa shape index (κ3) is 8.45. The molecule has 1 atom stereocenters. The Morgan fingerprint density at radius 1 is 0.929 bits per heavy atom. The number of nitrogens with one attached hydrogen (secondary N) is 1. The van der Waals surface area contributed by atoms with Crippen molar-refractivity contribution in [3.63, 3.8) is 0 Å². The molecule has 0 unspecified atom stereocenters. The molecule has 0 aromatic heterocycles. The van der Waals surface area contributed by atoms with Gasteiger partial charge in [-0.15, -0.1) is 0 Å². The van der Waals surface area contributed by atoms with Crippen molar-refractivity contribution in [2.24, 2.45) is 0 Å². The summed E-state index contributed by atoms with van der Waals surface area (Å²) in [5.74, 6) is -0.391. The van der Waals surface area contributed by atoms with Crippen LogP contribution in [0.15, 0.2) is 77.7 Å². The van der Waals surface area contributed by atoms with Gasteiger partial charge >= 0.3 is 0 Å². The van der Waals surface area contributed by atoms with Crippen LogP contribution >= 0.6 is 0 Å². The highest BCUT2D eigenvalue weighted by Crippen LogP contribution is 2.26. The van der Waals surface area contributed by atoms with Gasteiger partial charge in [-0.1, -0.05) is 25.5 Å². The Morgan fingerprint density at radius 2 is 1.55 bits per heavy atom. The monoisotopic (exact) mass is 599 g/mol. The van der Waals surface area contributed by atoms with E-state index >= 15 is 0 Å². The number of hydrogen-bond acceptors (Lipinski definition) is 6. The lowest BCUT2D eigenvalue weighted by molar-refractivity contribution is -0.139. The molecular formula is C31H38FN3O6S. The molecule has 42 heavy (non-hydrogen) atoms. The van der Waals surface area contributed by atoms with Gasteiger partial charge in [0.1, 0.15) is 29.9 Å². The Bertz CT molecular complexity index is 1410. The lowest BCUT2D eigenvalue weighted by atomic mass is 10.1. The first-order valence-electron chi connectivity index (χ1n) is 13.8. The quantitative estimate of drug-likeness (QED) is 0.253. The Kier molecular flexibility index (Phi) is 11.7. The molecule has 0 saturated heterocycles. The van der Waals surface area contributed by atoms with E-state index in [1.165, 1.54) is 41.3 Å². The first kappa shape index (κ1) is 32.4. The van der Waals surface area contributed by atoms with Crippen molar-refractivity contribution in [3.05, 3.63) is 84.2 Å². The first-order valence-corrected chi connectivity index (χ1v) is 15.3. The summed E-state index contributed by atoms with van der Waals surface area (Å²) in [5, 5.41) is 2.85. The van der Waals surface area contributed by atoms with Gasteiger partial charge in [0.2, 0.25) is 11.8 Å². The molecular weight excluding hydrogens is 561 g/mol. The Hall–Kier alpha value is -4.12. The number of carbonyl (C=O) groups excluding carboxylic acids is 2. The van der Waals surface area contributed by atoms with Crippen LogP contribution in [0.25, 0.3) is 0 Å². The summed E-state index contributed by atoms with van der Waals surface area (Å²) >= 11 is 0. The summed E-state index contributed by atoms with van der Waals surface area (Å²) in [5.41, 5.74) is 0.822. The van der Waals surface area contributed by atoms with Crippen molar-refractivity contribution in [2.75, 3.05) is 31.1 Å². The Morgan fingerprint density at radius 3 is 2.12 bits per heavy atom. The van der Waals surface area contributed by atoms with Crippen molar-refractivity contribution in [1.82, 2.24) is 10.2 Å². The Balaban J connectivity index is 1.98. The van der Waals surface area contributed by atoms with E-state index in [-0.39, 0.29) is 23.0 Å². The van der Waals surface area contributed by atoms with E-state index in [0.29, 0.717) is 24.7 Å². The lowest BCUT2D eigenvalue weighted by Gasteiger charge is -2.32. The molecule has 2 amide bonds. The van der Waals surface area contributed by atoms with Gasteiger partial charge in [0.25, 0.3) is 10.0 Å². The molecule has 9 nitrogen and oxygen atoms in total. The molecule has 3 aromatic rings. The molecule has 0 aliphatic heterocycles. The minimum Gasteiger partial charge on any atom is -0.497 e. The van der Waals surface area contributed by atoms with Gasteiger partial charge in [0.05, 0.1) is 24.3 Å². The maximum atomic E-state index is 13.9. The summed E-state index contributed by atoms with van der Waals surface area (Å²) in [7, 11) is -2.74. The summed E-state index contributed by atoms with van der Waals surface area (Å²) < 4.78 is 53.1. The fourth-order valence-electron chi connectivity index (χ4n) is 4.18. The summed E-state index contributed by atoms with van der Waals surface area (Å²) in [4.78, 5) is 28.2. The van der Waals surface area contributed by atoms with Gasteiger partial charge in [-0.05, 0) is 86.5 Å². The van der Waals surface area contributed by atoms with Crippen LogP contribution in [0.5, 0.6) is 11.5 Å². The second kappa shape index (κ2) is 15.2. The number of ether oxygens (including phenoxy) is 2. The van der Waals surface area contributed by atoms with E-state index in [0.717, 1.165) is 34.8 Å². The molecule has 0 saturated carbocycles. The van der Waals surface area contributed by atoms with Crippen LogP contribution in [0, 0.1) is 5.82 Å². The third-order valence-electron chi connectivity index (χ3n) is 6.63. The minimum absolute atomic E-state index is 0.0472. The summed E-state index contributed by atoms with van der Waals surface area (Å²) in [6.45, 7) is 5.72. The molecule has 1 N–H and O–H groups in total. The molecule has 0 bridgehead atoms. The van der Waals surface area contributed by atoms with E-state index in [9.17, 15) is 22.4 Å². The second-order valence-corrected chi connectivity index (χ2v) is 11.4. The van der Waals surface area contributed by atoms with Crippen molar-refractivity contribution in [1.29, 1.82) is 0 Å². The van der Waals surface area contributed by atoms with E-state index in [1.807, 2.05) is 13.8 Å². The predicted molar refractivity (Wildman–Crippen MR) is 159 cm³/mol. The van der Waals surface area contributed by atoms with E-state index < -0.39 is 34.3 Å². The van der Waals surface area contributed by atoms with Crippen LogP contribution in [-0.2, 0) is 26.2 Å².